The highest BCUT2D eigenvalue weighted by Gasteiger charge is 2.20. The molecule has 2 atom stereocenters. The van der Waals surface area contributed by atoms with Gasteiger partial charge < -0.3 is 11.1 Å². The molecule has 0 aromatic heterocycles. The van der Waals surface area contributed by atoms with Gasteiger partial charge in [0.1, 0.15) is 0 Å². The van der Waals surface area contributed by atoms with E-state index >= 15 is 0 Å². The molecule has 0 aliphatic carbocycles. The van der Waals surface area contributed by atoms with Crippen molar-refractivity contribution in [3.05, 3.63) is 0 Å². The lowest BCUT2D eigenvalue weighted by atomic mass is 10.1. The van der Waals surface area contributed by atoms with E-state index in [4.69, 9.17) is 5.73 Å². The third-order valence-corrected chi connectivity index (χ3v) is 2.92. The maximum atomic E-state index is 11.6. The van der Waals surface area contributed by atoms with Gasteiger partial charge >= 0.3 is 0 Å². The second-order valence-corrected chi connectivity index (χ2v) is 6.35. The Labute approximate surface area is 91.2 Å². The molecule has 3 N–H and O–H groups in total. The first-order chi connectivity index (χ1) is 6.26. The Morgan fingerprint density at radius 2 is 1.93 bits per heavy atom. The third kappa shape index (κ3) is 6.27. The average molecular weight is 218 g/mol. The van der Waals surface area contributed by atoms with Crippen LogP contribution < -0.4 is 11.1 Å². The predicted octanol–water partition coefficient (Wildman–Crippen LogP) is 1.37. The van der Waals surface area contributed by atoms with E-state index in [0.717, 1.165) is 0 Å². The SMILES string of the molecule is CC(CN)SC(C)C(=O)NC(C)(C)C. The van der Waals surface area contributed by atoms with Crippen molar-refractivity contribution in [1.82, 2.24) is 5.32 Å². The minimum absolute atomic E-state index is 0.0345. The van der Waals surface area contributed by atoms with E-state index in [2.05, 4.69) is 5.32 Å². The Morgan fingerprint density at radius 3 is 2.29 bits per heavy atom. The lowest BCUT2D eigenvalue weighted by Crippen LogP contribution is -2.44. The number of carbonyl (C=O) groups is 1. The van der Waals surface area contributed by atoms with Crippen LogP contribution in [0.5, 0.6) is 0 Å². The Bertz CT molecular complexity index is 189. The molecule has 0 saturated carbocycles. The number of thioether (sulfide) groups is 1. The van der Waals surface area contributed by atoms with Crippen LogP contribution in [0.25, 0.3) is 0 Å². The van der Waals surface area contributed by atoms with Crippen LogP contribution in [0.4, 0.5) is 0 Å². The summed E-state index contributed by atoms with van der Waals surface area (Å²) in [6.45, 7) is 10.5. The average Bonchev–Trinajstić information content (AvgIpc) is 2.00. The number of nitrogens with one attached hydrogen (secondary N) is 1. The monoisotopic (exact) mass is 218 g/mol. The normalized spacial score (nSPS) is 16.1. The van der Waals surface area contributed by atoms with Crippen molar-refractivity contribution in [3.8, 4) is 0 Å². The molecule has 0 aromatic carbocycles. The van der Waals surface area contributed by atoms with Crippen LogP contribution in [0.15, 0.2) is 0 Å². The summed E-state index contributed by atoms with van der Waals surface area (Å²) in [6, 6.07) is 0. The molecule has 0 radical (unpaired) electrons. The topological polar surface area (TPSA) is 55.1 Å². The highest BCUT2D eigenvalue weighted by molar-refractivity contribution is 8.01. The lowest BCUT2D eigenvalue weighted by molar-refractivity contribution is -0.121. The maximum Gasteiger partial charge on any atom is 0.233 e. The van der Waals surface area contributed by atoms with Gasteiger partial charge in [-0.1, -0.05) is 6.92 Å². The Kier molecular flexibility index (Phi) is 5.52. The Hall–Kier alpha value is -0.220. The van der Waals surface area contributed by atoms with Crippen LogP contribution in [0.2, 0.25) is 0 Å². The first-order valence-electron chi connectivity index (χ1n) is 4.94. The van der Waals surface area contributed by atoms with E-state index in [1.54, 1.807) is 11.8 Å². The number of hydrogen-bond donors (Lipinski definition) is 2. The molecule has 4 heteroatoms. The molecule has 0 rings (SSSR count). The lowest BCUT2D eigenvalue weighted by Gasteiger charge is -2.24. The van der Waals surface area contributed by atoms with Gasteiger partial charge in [-0.05, 0) is 27.7 Å². The van der Waals surface area contributed by atoms with Gasteiger partial charge in [0.05, 0.1) is 5.25 Å². The minimum Gasteiger partial charge on any atom is -0.351 e. The second-order valence-electron chi connectivity index (χ2n) is 4.56. The summed E-state index contributed by atoms with van der Waals surface area (Å²) >= 11 is 1.61. The van der Waals surface area contributed by atoms with E-state index < -0.39 is 0 Å². The van der Waals surface area contributed by atoms with Crippen LogP contribution in [-0.4, -0.2) is 28.5 Å². The molecule has 84 valence electrons. The molecule has 1 amide bonds. The van der Waals surface area contributed by atoms with Gasteiger partial charge in [-0.3, -0.25) is 4.79 Å². The highest BCUT2D eigenvalue weighted by Crippen LogP contribution is 2.17. The fraction of sp³-hybridized carbons (Fsp3) is 0.900. The third-order valence-electron chi connectivity index (χ3n) is 1.64. The van der Waals surface area contributed by atoms with Crippen molar-refractivity contribution in [2.75, 3.05) is 6.54 Å². The van der Waals surface area contributed by atoms with E-state index in [1.807, 2.05) is 34.6 Å². The number of carbonyl (C=O) groups excluding carboxylic acids is 1. The van der Waals surface area contributed by atoms with E-state index in [0.29, 0.717) is 11.8 Å². The quantitative estimate of drug-likeness (QED) is 0.749. The summed E-state index contributed by atoms with van der Waals surface area (Å²) in [5.74, 6) is 0.0859. The summed E-state index contributed by atoms with van der Waals surface area (Å²) in [7, 11) is 0. The molecular weight excluding hydrogens is 196 g/mol. The van der Waals surface area contributed by atoms with Gasteiger partial charge in [-0.25, -0.2) is 0 Å². The van der Waals surface area contributed by atoms with Crippen molar-refractivity contribution >= 4 is 17.7 Å². The van der Waals surface area contributed by atoms with Gasteiger partial charge in [0.25, 0.3) is 0 Å². The van der Waals surface area contributed by atoms with Crippen molar-refractivity contribution in [1.29, 1.82) is 0 Å². The molecule has 0 saturated heterocycles. The molecule has 14 heavy (non-hydrogen) atoms. The molecule has 3 nitrogen and oxygen atoms in total. The molecule has 2 unspecified atom stereocenters. The molecule has 0 bridgehead atoms. The second kappa shape index (κ2) is 5.61. The van der Waals surface area contributed by atoms with Gasteiger partial charge in [0.2, 0.25) is 5.91 Å². The fourth-order valence-corrected chi connectivity index (χ4v) is 1.93. The highest BCUT2D eigenvalue weighted by atomic mass is 32.2. The van der Waals surface area contributed by atoms with Crippen LogP contribution in [0, 0.1) is 0 Å². The summed E-state index contributed by atoms with van der Waals surface area (Å²) in [6.07, 6.45) is 0. The largest absolute Gasteiger partial charge is 0.351 e. The molecule has 0 aromatic rings. The molecule has 0 heterocycles. The zero-order valence-corrected chi connectivity index (χ0v) is 10.6. The van der Waals surface area contributed by atoms with Gasteiger partial charge in [0, 0.05) is 17.3 Å². The molecule has 0 aliphatic heterocycles. The van der Waals surface area contributed by atoms with Crippen LogP contribution in [-0.2, 0) is 4.79 Å². The van der Waals surface area contributed by atoms with Crippen LogP contribution >= 0.6 is 11.8 Å². The van der Waals surface area contributed by atoms with E-state index in [1.165, 1.54) is 0 Å². The summed E-state index contributed by atoms with van der Waals surface area (Å²) < 4.78 is 0. The molecular formula is C10H22N2OS. The molecule has 0 aliphatic rings. The molecule has 0 spiro atoms. The zero-order valence-electron chi connectivity index (χ0n) is 9.76. The zero-order chi connectivity index (χ0) is 11.4. The smallest absolute Gasteiger partial charge is 0.233 e. The predicted molar refractivity (Wildman–Crippen MR) is 63.5 cm³/mol. The van der Waals surface area contributed by atoms with Crippen LogP contribution in [0.1, 0.15) is 34.6 Å². The Morgan fingerprint density at radius 1 is 1.43 bits per heavy atom. The number of hydrogen-bond acceptors (Lipinski definition) is 3. The van der Waals surface area contributed by atoms with Crippen molar-refractivity contribution < 1.29 is 4.79 Å². The van der Waals surface area contributed by atoms with E-state index in [9.17, 15) is 4.79 Å². The number of amides is 1. The number of rotatable bonds is 4. The van der Waals surface area contributed by atoms with E-state index in [-0.39, 0.29) is 16.7 Å². The van der Waals surface area contributed by atoms with Gasteiger partial charge in [0.15, 0.2) is 0 Å². The van der Waals surface area contributed by atoms with Gasteiger partial charge in [-0.2, -0.15) is 0 Å². The maximum absolute atomic E-state index is 11.6. The summed E-state index contributed by atoms with van der Waals surface area (Å²) in [4.78, 5) is 11.6. The van der Waals surface area contributed by atoms with Gasteiger partial charge in [-0.15, -0.1) is 11.8 Å². The summed E-state index contributed by atoms with van der Waals surface area (Å²) in [5, 5.41) is 3.24. The van der Waals surface area contributed by atoms with Crippen molar-refractivity contribution in [2.24, 2.45) is 5.73 Å². The molecule has 0 fully saturated rings. The van der Waals surface area contributed by atoms with Crippen molar-refractivity contribution in [3.63, 3.8) is 0 Å². The Balaban J connectivity index is 4.00. The van der Waals surface area contributed by atoms with Crippen LogP contribution in [0.3, 0.4) is 0 Å². The standard InChI is InChI=1S/C10H22N2OS/c1-7(6-11)14-8(2)9(13)12-10(3,4)5/h7-8H,6,11H2,1-5H3,(H,12,13). The van der Waals surface area contributed by atoms with Crippen molar-refractivity contribution in [2.45, 2.75) is 50.7 Å². The summed E-state index contributed by atoms with van der Waals surface area (Å²) in [5.41, 5.74) is 5.34. The first kappa shape index (κ1) is 13.8. The minimum atomic E-state index is -0.155. The fourth-order valence-electron chi connectivity index (χ4n) is 0.937. The first-order valence-corrected chi connectivity index (χ1v) is 5.88. The number of nitrogens with two attached hydrogens (primary N) is 1.